The molecule has 162 valence electrons. The first-order valence-corrected chi connectivity index (χ1v) is 11.3. The largest absolute Gasteiger partial charge is 0.206 e. The molecule has 3 aromatic rings. The molecule has 3 aromatic carbocycles. The fraction of sp³-hybridized carbons (Fsp3) is 0.357. The molecule has 0 bridgehead atoms. The monoisotopic (exact) mass is 422 g/mol. The van der Waals surface area contributed by atoms with Crippen LogP contribution >= 0.6 is 0 Å². The summed E-state index contributed by atoms with van der Waals surface area (Å²) in [5.41, 5.74) is 2.58. The second kappa shape index (κ2) is 9.72. The summed E-state index contributed by atoms with van der Waals surface area (Å²) in [5, 5.41) is 1.56. The Balaban J connectivity index is 1.45. The maximum atomic E-state index is 15.1. The lowest BCUT2D eigenvalue weighted by molar-refractivity contribution is 0.312. The van der Waals surface area contributed by atoms with Crippen molar-refractivity contribution in [3.05, 3.63) is 95.3 Å². The number of aryl methyl sites for hydroxylation is 2. The smallest absolute Gasteiger partial charge is 0.159 e. The van der Waals surface area contributed by atoms with E-state index in [0.29, 0.717) is 35.3 Å². The summed E-state index contributed by atoms with van der Waals surface area (Å²) in [5.74, 6) is -0.565. The SMILES string of the molecule is C=CCCC1CCC(c2ccc3c(F)c(CCc4ccc(F)c(F)c4)ccc3c2)CC1. The molecule has 0 spiro atoms. The number of hydrogen-bond donors (Lipinski definition) is 0. The number of fused-ring (bicyclic) bond motifs is 1. The highest BCUT2D eigenvalue weighted by Gasteiger charge is 2.22. The summed E-state index contributed by atoms with van der Waals surface area (Å²) in [6.07, 6.45) is 10.2. The average Bonchev–Trinajstić information content (AvgIpc) is 2.79. The third-order valence-corrected chi connectivity index (χ3v) is 6.82. The minimum absolute atomic E-state index is 0.209. The second-order valence-corrected chi connectivity index (χ2v) is 8.85. The Morgan fingerprint density at radius 2 is 1.65 bits per heavy atom. The van der Waals surface area contributed by atoms with Gasteiger partial charge in [-0.3, -0.25) is 0 Å². The van der Waals surface area contributed by atoms with Crippen LogP contribution in [0, 0.1) is 23.4 Å². The van der Waals surface area contributed by atoms with Crippen molar-refractivity contribution in [1.29, 1.82) is 0 Å². The van der Waals surface area contributed by atoms with Crippen molar-refractivity contribution in [3.63, 3.8) is 0 Å². The molecule has 0 aromatic heterocycles. The van der Waals surface area contributed by atoms with Gasteiger partial charge in [0.1, 0.15) is 5.82 Å². The zero-order chi connectivity index (χ0) is 21.8. The van der Waals surface area contributed by atoms with Crippen LogP contribution in [0.5, 0.6) is 0 Å². The Labute approximate surface area is 182 Å². The van der Waals surface area contributed by atoms with E-state index in [2.05, 4.69) is 18.7 Å². The Kier molecular flexibility index (Phi) is 6.80. The van der Waals surface area contributed by atoms with Crippen molar-refractivity contribution in [3.8, 4) is 0 Å². The molecule has 0 amide bonds. The molecule has 0 N–H and O–H groups in total. The van der Waals surface area contributed by atoms with Gasteiger partial charge in [-0.15, -0.1) is 6.58 Å². The van der Waals surface area contributed by atoms with Crippen molar-refractivity contribution in [2.45, 2.75) is 57.3 Å². The molecule has 0 unspecified atom stereocenters. The third-order valence-electron chi connectivity index (χ3n) is 6.82. The van der Waals surface area contributed by atoms with Crippen LogP contribution in [-0.2, 0) is 12.8 Å². The van der Waals surface area contributed by atoms with Gasteiger partial charge in [-0.2, -0.15) is 0 Å². The molecule has 0 saturated heterocycles. The predicted octanol–water partition coefficient (Wildman–Crippen LogP) is 8.28. The van der Waals surface area contributed by atoms with Crippen LogP contribution in [0.25, 0.3) is 10.8 Å². The molecule has 0 atom stereocenters. The van der Waals surface area contributed by atoms with Gasteiger partial charge < -0.3 is 0 Å². The first-order chi connectivity index (χ1) is 15.0. The van der Waals surface area contributed by atoms with E-state index in [1.165, 1.54) is 43.7 Å². The van der Waals surface area contributed by atoms with Gasteiger partial charge in [-0.25, -0.2) is 13.2 Å². The van der Waals surface area contributed by atoms with Gasteiger partial charge >= 0.3 is 0 Å². The summed E-state index contributed by atoms with van der Waals surface area (Å²) in [4.78, 5) is 0. The summed E-state index contributed by atoms with van der Waals surface area (Å²) >= 11 is 0. The fourth-order valence-corrected chi connectivity index (χ4v) is 4.91. The van der Waals surface area contributed by atoms with E-state index >= 15 is 4.39 Å². The normalized spacial score (nSPS) is 18.9. The molecule has 31 heavy (non-hydrogen) atoms. The van der Waals surface area contributed by atoms with Gasteiger partial charge in [0.15, 0.2) is 11.6 Å². The van der Waals surface area contributed by atoms with Crippen LogP contribution in [0.2, 0.25) is 0 Å². The number of benzene rings is 3. The highest BCUT2D eigenvalue weighted by Crippen LogP contribution is 2.38. The van der Waals surface area contributed by atoms with Crippen LogP contribution in [0.4, 0.5) is 13.2 Å². The molecule has 1 saturated carbocycles. The highest BCUT2D eigenvalue weighted by atomic mass is 19.2. The van der Waals surface area contributed by atoms with Crippen molar-refractivity contribution >= 4 is 10.8 Å². The van der Waals surface area contributed by atoms with E-state index in [4.69, 9.17) is 0 Å². The lowest BCUT2D eigenvalue weighted by atomic mass is 9.77. The van der Waals surface area contributed by atoms with Crippen LogP contribution < -0.4 is 0 Å². The van der Waals surface area contributed by atoms with E-state index in [-0.39, 0.29) is 5.82 Å². The van der Waals surface area contributed by atoms with E-state index in [1.54, 1.807) is 6.07 Å². The van der Waals surface area contributed by atoms with Crippen molar-refractivity contribution in [2.75, 3.05) is 0 Å². The Bertz CT molecular complexity index is 1060. The predicted molar refractivity (Wildman–Crippen MR) is 122 cm³/mol. The van der Waals surface area contributed by atoms with Crippen molar-refractivity contribution < 1.29 is 13.2 Å². The molecule has 0 nitrogen and oxygen atoms in total. The molecule has 0 aliphatic heterocycles. The first-order valence-electron chi connectivity index (χ1n) is 11.3. The van der Waals surface area contributed by atoms with Crippen LogP contribution in [0.15, 0.2) is 61.2 Å². The lowest BCUT2D eigenvalue weighted by Crippen LogP contribution is -2.13. The van der Waals surface area contributed by atoms with E-state index in [0.717, 1.165) is 23.8 Å². The van der Waals surface area contributed by atoms with Gasteiger partial charge in [0.2, 0.25) is 0 Å². The molecular weight excluding hydrogens is 393 g/mol. The third kappa shape index (κ3) is 5.03. The van der Waals surface area contributed by atoms with Crippen LogP contribution in [-0.4, -0.2) is 0 Å². The molecular formula is C28H29F3. The molecule has 1 fully saturated rings. The van der Waals surface area contributed by atoms with Gasteiger partial charge in [0.05, 0.1) is 0 Å². The van der Waals surface area contributed by atoms with Crippen LogP contribution in [0.1, 0.15) is 61.1 Å². The molecule has 0 radical (unpaired) electrons. The van der Waals surface area contributed by atoms with Gasteiger partial charge in [0.25, 0.3) is 0 Å². The molecule has 1 aliphatic rings. The van der Waals surface area contributed by atoms with Crippen molar-refractivity contribution in [2.24, 2.45) is 5.92 Å². The van der Waals surface area contributed by atoms with Gasteiger partial charge in [0, 0.05) is 5.39 Å². The first kappa shape index (κ1) is 21.7. The highest BCUT2D eigenvalue weighted by molar-refractivity contribution is 5.84. The fourth-order valence-electron chi connectivity index (χ4n) is 4.91. The zero-order valence-electron chi connectivity index (χ0n) is 17.8. The molecule has 0 heterocycles. The molecule has 3 heteroatoms. The summed E-state index contributed by atoms with van der Waals surface area (Å²) < 4.78 is 41.6. The van der Waals surface area contributed by atoms with Gasteiger partial charge in [-0.1, -0.05) is 42.5 Å². The second-order valence-electron chi connectivity index (χ2n) is 8.85. The standard InChI is InChI=1S/C28H29F3/c1-2-3-4-19-5-9-21(10-6-19)23-14-15-25-24(18-23)13-12-22(28(25)31)11-7-20-8-16-26(29)27(30)17-20/h2,8,12-19,21H,1,3-7,9-11H2. The Morgan fingerprint density at radius 1 is 0.839 bits per heavy atom. The maximum absolute atomic E-state index is 15.1. The van der Waals surface area contributed by atoms with E-state index in [1.807, 2.05) is 24.3 Å². The number of rotatable bonds is 7. The lowest BCUT2D eigenvalue weighted by Gasteiger charge is -2.28. The minimum atomic E-state index is -0.862. The van der Waals surface area contributed by atoms with Gasteiger partial charge in [-0.05, 0) is 97.4 Å². The quantitative estimate of drug-likeness (QED) is 0.336. The number of halogens is 3. The number of hydrogen-bond acceptors (Lipinski definition) is 0. The van der Waals surface area contributed by atoms with E-state index < -0.39 is 11.6 Å². The average molecular weight is 423 g/mol. The molecule has 4 rings (SSSR count). The summed E-state index contributed by atoms with van der Waals surface area (Å²) in [6.45, 7) is 3.82. The zero-order valence-corrected chi connectivity index (χ0v) is 17.8. The summed E-state index contributed by atoms with van der Waals surface area (Å²) in [6, 6.07) is 13.8. The van der Waals surface area contributed by atoms with Crippen LogP contribution in [0.3, 0.4) is 0 Å². The van der Waals surface area contributed by atoms with Crippen molar-refractivity contribution in [1.82, 2.24) is 0 Å². The Morgan fingerprint density at radius 3 is 2.39 bits per heavy atom. The maximum Gasteiger partial charge on any atom is 0.159 e. The number of allylic oxidation sites excluding steroid dienone is 1. The molecule has 1 aliphatic carbocycles. The topological polar surface area (TPSA) is 0 Å². The Hall–Kier alpha value is -2.55. The minimum Gasteiger partial charge on any atom is -0.206 e. The van der Waals surface area contributed by atoms with E-state index in [9.17, 15) is 8.78 Å². The summed E-state index contributed by atoms with van der Waals surface area (Å²) in [7, 11) is 0.